The van der Waals surface area contributed by atoms with Crippen LogP contribution >= 0.6 is 0 Å². The number of rotatable bonds is 6. The summed E-state index contributed by atoms with van der Waals surface area (Å²) in [5.74, 6) is 3.23. The molecule has 32 heavy (non-hydrogen) atoms. The van der Waals surface area contributed by atoms with Gasteiger partial charge in [0.2, 0.25) is 5.75 Å². The number of benzene rings is 2. The van der Waals surface area contributed by atoms with E-state index in [0.717, 1.165) is 38.9 Å². The molecule has 0 N–H and O–H groups in total. The Kier molecular flexibility index (Phi) is 5.28. The number of aromatic nitrogens is 1. The van der Waals surface area contributed by atoms with Crippen LogP contribution in [0.1, 0.15) is 20.8 Å². The first-order valence-corrected chi connectivity index (χ1v) is 13.5. The topological polar surface area (TPSA) is 59.0 Å². The molecular weight excluding hydrogens is 422 g/mol. The molecule has 0 atom stereocenters. The maximum Gasteiger partial charge on any atom is 0.250 e. The first kappa shape index (κ1) is 22.3. The number of fused-ring (bicyclic) bond motifs is 3. The van der Waals surface area contributed by atoms with Gasteiger partial charge in [0.1, 0.15) is 5.75 Å². The first-order chi connectivity index (χ1) is 15.1. The summed E-state index contributed by atoms with van der Waals surface area (Å²) in [7, 11) is 4.48. The highest BCUT2D eigenvalue weighted by molar-refractivity contribution is 6.74. The Hall–Kier alpha value is -2.93. The summed E-state index contributed by atoms with van der Waals surface area (Å²) in [6.45, 7) is 11.1. The Morgan fingerprint density at radius 2 is 1.41 bits per heavy atom. The van der Waals surface area contributed by atoms with Crippen molar-refractivity contribution in [3.05, 3.63) is 24.4 Å². The summed E-state index contributed by atoms with van der Waals surface area (Å²) >= 11 is 0. The SMILES string of the molecule is COc1cc2c(cc1O[Si](C)(C)C(C)(C)C)-c1nccc3c(OC)c(OC)c(OC)c-2c13. The minimum absolute atomic E-state index is 0.0577. The molecule has 0 aliphatic heterocycles. The molecular formula is C25H31NO5Si. The molecule has 0 amide bonds. The molecule has 0 fully saturated rings. The highest BCUT2D eigenvalue weighted by Crippen LogP contribution is 2.59. The van der Waals surface area contributed by atoms with Gasteiger partial charge in [-0.25, -0.2) is 0 Å². The summed E-state index contributed by atoms with van der Waals surface area (Å²) in [6, 6.07) is 6.01. The third-order valence-corrected chi connectivity index (χ3v) is 11.0. The molecule has 1 aromatic heterocycles. The van der Waals surface area contributed by atoms with Gasteiger partial charge < -0.3 is 23.4 Å². The second-order valence-corrected chi connectivity index (χ2v) is 14.2. The first-order valence-electron chi connectivity index (χ1n) is 10.6. The Labute approximate surface area is 190 Å². The van der Waals surface area contributed by atoms with Crippen molar-refractivity contribution in [3.8, 4) is 51.1 Å². The van der Waals surface area contributed by atoms with Crippen molar-refractivity contribution in [1.29, 1.82) is 0 Å². The number of hydrogen-bond donors (Lipinski definition) is 0. The fourth-order valence-corrected chi connectivity index (χ4v) is 5.05. The Bertz CT molecular complexity index is 1210. The zero-order valence-corrected chi connectivity index (χ0v) is 21.3. The third-order valence-electron chi connectivity index (χ3n) is 6.70. The van der Waals surface area contributed by atoms with Gasteiger partial charge in [-0.3, -0.25) is 4.98 Å². The molecule has 0 saturated carbocycles. The lowest BCUT2D eigenvalue weighted by Crippen LogP contribution is -2.43. The predicted octanol–water partition coefficient (Wildman–Crippen LogP) is 6.30. The number of methoxy groups -OCH3 is 4. The monoisotopic (exact) mass is 453 g/mol. The van der Waals surface area contributed by atoms with E-state index in [1.807, 2.05) is 12.1 Å². The van der Waals surface area contributed by atoms with E-state index in [4.69, 9.17) is 28.4 Å². The molecule has 0 saturated heterocycles. The Balaban J connectivity index is 2.04. The Morgan fingerprint density at radius 1 is 0.781 bits per heavy atom. The lowest BCUT2D eigenvalue weighted by molar-refractivity contribution is 0.328. The van der Waals surface area contributed by atoms with Gasteiger partial charge in [0.25, 0.3) is 8.32 Å². The number of pyridine rings is 1. The molecule has 1 aliphatic rings. The van der Waals surface area contributed by atoms with E-state index < -0.39 is 8.32 Å². The predicted molar refractivity (Wildman–Crippen MR) is 130 cm³/mol. The van der Waals surface area contributed by atoms with Crippen molar-refractivity contribution in [2.45, 2.75) is 38.9 Å². The quantitative estimate of drug-likeness (QED) is 0.319. The molecule has 0 bridgehead atoms. The van der Waals surface area contributed by atoms with Gasteiger partial charge in [0.15, 0.2) is 17.2 Å². The van der Waals surface area contributed by atoms with Gasteiger partial charge in [-0.15, -0.1) is 0 Å². The number of ether oxygens (including phenoxy) is 4. The maximum atomic E-state index is 6.66. The van der Waals surface area contributed by atoms with E-state index in [2.05, 4.69) is 39.9 Å². The minimum Gasteiger partial charge on any atom is -0.541 e. The smallest absolute Gasteiger partial charge is 0.250 e. The van der Waals surface area contributed by atoms with Gasteiger partial charge in [0.05, 0.1) is 34.1 Å². The molecule has 3 aromatic rings. The second kappa shape index (κ2) is 7.58. The van der Waals surface area contributed by atoms with Crippen LogP contribution in [0.5, 0.6) is 28.7 Å². The van der Waals surface area contributed by atoms with Crippen molar-refractivity contribution in [2.75, 3.05) is 28.4 Å². The molecule has 4 rings (SSSR count). The highest BCUT2D eigenvalue weighted by atomic mass is 28.4. The summed E-state index contributed by atoms with van der Waals surface area (Å²) < 4.78 is 29.7. The van der Waals surface area contributed by atoms with Crippen molar-refractivity contribution in [2.24, 2.45) is 0 Å². The number of nitrogens with zero attached hydrogens (tertiary/aromatic N) is 1. The molecule has 1 heterocycles. The molecule has 6 nitrogen and oxygen atoms in total. The zero-order chi connectivity index (χ0) is 23.4. The van der Waals surface area contributed by atoms with E-state index in [1.165, 1.54) is 0 Å². The largest absolute Gasteiger partial charge is 0.541 e. The summed E-state index contributed by atoms with van der Waals surface area (Å²) in [5, 5.41) is 1.96. The van der Waals surface area contributed by atoms with Gasteiger partial charge in [-0.05, 0) is 41.9 Å². The normalized spacial score (nSPS) is 12.5. The standard InChI is InChI=1S/C25H31NO5Si/c1-25(2,3)32(8,9)31-18-13-16-15(12-17(18)27-4)20-19-14(10-11-26-21(16)19)22(28-5)24(30-7)23(20)29-6/h10-13H,1-9H3. The van der Waals surface area contributed by atoms with Crippen LogP contribution in [0.15, 0.2) is 24.4 Å². The Morgan fingerprint density at radius 3 is 1.97 bits per heavy atom. The van der Waals surface area contributed by atoms with Gasteiger partial charge in [-0.2, -0.15) is 0 Å². The fourth-order valence-electron chi connectivity index (χ4n) is 4.03. The lowest BCUT2D eigenvalue weighted by Gasteiger charge is -2.37. The minimum atomic E-state index is -2.08. The van der Waals surface area contributed by atoms with Crippen molar-refractivity contribution >= 4 is 19.1 Å². The average Bonchev–Trinajstić information content (AvgIpc) is 3.06. The third kappa shape index (κ3) is 3.10. The van der Waals surface area contributed by atoms with Crippen molar-refractivity contribution in [3.63, 3.8) is 0 Å². The summed E-state index contributed by atoms with van der Waals surface area (Å²) in [6.07, 6.45) is 1.80. The zero-order valence-electron chi connectivity index (χ0n) is 20.3. The van der Waals surface area contributed by atoms with Crippen LogP contribution in [-0.4, -0.2) is 41.7 Å². The van der Waals surface area contributed by atoms with E-state index in [9.17, 15) is 0 Å². The van der Waals surface area contributed by atoms with E-state index >= 15 is 0 Å². The van der Waals surface area contributed by atoms with Crippen LogP contribution in [0, 0.1) is 0 Å². The molecule has 0 radical (unpaired) electrons. The highest BCUT2D eigenvalue weighted by Gasteiger charge is 2.40. The van der Waals surface area contributed by atoms with Crippen LogP contribution in [0.25, 0.3) is 33.2 Å². The van der Waals surface area contributed by atoms with Crippen LogP contribution in [0.4, 0.5) is 0 Å². The van der Waals surface area contributed by atoms with Crippen LogP contribution < -0.4 is 23.4 Å². The van der Waals surface area contributed by atoms with Crippen LogP contribution in [-0.2, 0) is 0 Å². The fraction of sp³-hybridized carbons (Fsp3) is 0.400. The van der Waals surface area contributed by atoms with Gasteiger partial charge in [-0.1, -0.05) is 20.8 Å². The van der Waals surface area contributed by atoms with E-state index in [-0.39, 0.29) is 5.04 Å². The molecule has 170 valence electrons. The summed E-state index contributed by atoms with van der Waals surface area (Å²) in [4.78, 5) is 4.73. The van der Waals surface area contributed by atoms with Crippen LogP contribution in [0.2, 0.25) is 18.1 Å². The molecule has 7 heteroatoms. The van der Waals surface area contributed by atoms with Crippen LogP contribution in [0.3, 0.4) is 0 Å². The number of hydrogen-bond acceptors (Lipinski definition) is 6. The maximum absolute atomic E-state index is 6.66. The van der Waals surface area contributed by atoms with Gasteiger partial charge in [0, 0.05) is 28.1 Å². The molecule has 2 aromatic carbocycles. The second-order valence-electron chi connectivity index (χ2n) is 9.47. The molecule has 0 unspecified atom stereocenters. The molecule has 0 spiro atoms. The average molecular weight is 454 g/mol. The lowest BCUT2D eigenvalue weighted by atomic mass is 10.0. The molecule has 1 aliphatic carbocycles. The van der Waals surface area contributed by atoms with Crippen molar-refractivity contribution in [1.82, 2.24) is 4.98 Å². The van der Waals surface area contributed by atoms with Crippen molar-refractivity contribution < 1.29 is 23.4 Å². The van der Waals surface area contributed by atoms with Gasteiger partial charge >= 0.3 is 0 Å². The van der Waals surface area contributed by atoms with E-state index in [1.54, 1.807) is 34.6 Å². The summed E-state index contributed by atoms with van der Waals surface area (Å²) in [5.41, 5.74) is 3.75. The van der Waals surface area contributed by atoms with E-state index in [0.29, 0.717) is 23.0 Å².